The van der Waals surface area contributed by atoms with Crippen LogP contribution in [0.25, 0.3) is 44.5 Å². The molecule has 344 valence electrons. The predicted molar refractivity (Wildman–Crippen MR) is 241 cm³/mol. The molecule has 1 saturated heterocycles. The smallest absolute Gasteiger partial charge is 0.407 e. The van der Waals surface area contributed by atoms with E-state index < -0.39 is 30.2 Å². The zero-order valence-electron chi connectivity index (χ0n) is 38.2. The van der Waals surface area contributed by atoms with Crippen molar-refractivity contribution in [1.29, 1.82) is 0 Å². The van der Waals surface area contributed by atoms with E-state index >= 15 is 8.78 Å². The first-order chi connectivity index (χ1) is 30.9. The molecule has 14 nitrogen and oxygen atoms in total. The summed E-state index contributed by atoms with van der Waals surface area (Å²) in [6.45, 7) is 12.8. The number of nitrogens with one attached hydrogen (secondary N) is 4. The second-order valence-electron chi connectivity index (χ2n) is 18.8. The zero-order valence-corrected chi connectivity index (χ0v) is 38.2. The van der Waals surface area contributed by atoms with Crippen molar-refractivity contribution in [2.75, 3.05) is 27.3 Å². The lowest BCUT2D eigenvalue weighted by Crippen LogP contribution is -2.52. The second-order valence-corrected chi connectivity index (χ2v) is 18.8. The summed E-state index contributed by atoms with van der Waals surface area (Å²) in [6, 6.07) is 13.9. The average molecular weight is 893 g/mol. The van der Waals surface area contributed by atoms with Gasteiger partial charge in [-0.25, -0.2) is 19.6 Å². The number of imidazole rings is 2. The summed E-state index contributed by atoms with van der Waals surface area (Å²) in [5.41, 5.74) is 4.48. The third-order valence-corrected chi connectivity index (χ3v) is 13.5. The van der Waals surface area contributed by atoms with E-state index in [4.69, 9.17) is 14.5 Å². The number of hydrogen-bond donors (Lipinski definition) is 4. The quantitative estimate of drug-likeness (QED) is 0.0855. The Morgan fingerprint density at radius 2 is 1.46 bits per heavy atom. The molecule has 3 aliphatic rings. The molecule has 8 rings (SSSR count). The van der Waals surface area contributed by atoms with Crippen molar-refractivity contribution in [1.82, 2.24) is 40.4 Å². The first kappa shape index (κ1) is 45.3. The number of amides is 4. The van der Waals surface area contributed by atoms with Crippen LogP contribution in [0.1, 0.15) is 96.0 Å². The van der Waals surface area contributed by atoms with Gasteiger partial charge in [0.25, 0.3) is 5.92 Å². The van der Waals surface area contributed by atoms with Crippen molar-refractivity contribution in [2.24, 2.45) is 23.2 Å². The standard InChI is InChI=1S/C49H58F2N8O6/c1-9-28-16-19-59(45(61)41(27(4)5)57-47(63)65-8)42(28)43-54-36-15-12-30(22-37(36)55-43)29-10-13-32-33-14-11-31(21-35(33)49(50,51)34(32)20-29)38-23-52-39(53-38)24-58(25-48(6)17-18-48)44(60)40(26(2)3)56-46(62)64-7/h10-15,20-23,26-28,40-42H,9,16-19,24-25H2,1-8H3,(H,52,53)(H,54,55)(H,56,62)(H,57,63). The van der Waals surface area contributed by atoms with Crippen molar-refractivity contribution < 1.29 is 37.4 Å². The van der Waals surface area contributed by atoms with Gasteiger partial charge in [0.2, 0.25) is 11.8 Å². The van der Waals surface area contributed by atoms with Crippen LogP contribution < -0.4 is 10.6 Å². The first-order valence-electron chi connectivity index (χ1n) is 22.4. The molecule has 2 aromatic heterocycles. The Kier molecular flexibility index (Phi) is 12.2. The number of aromatic amines is 2. The molecular formula is C49H58F2N8O6. The number of fused-ring (bicyclic) bond motifs is 4. The molecule has 2 fully saturated rings. The van der Waals surface area contributed by atoms with Crippen molar-refractivity contribution in [3.63, 3.8) is 0 Å². The molecule has 0 radical (unpaired) electrons. The number of H-pyrrole nitrogens is 2. The Morgan fingerprint density at radius 3 is 2.08 bits per heavy atom. The Labute approximate surface area is 377 Å². The minimum Gasteiger partial charge on any atom is -0.453 e. The molecule has 4 atom stereocenters. The van der Waals surface area contributed by atoms with E-state index in [0.29, 0.717) is 63.7 Å². The molecular weight excluding hydrogens is 835 g/mol. The van der Waals surface area contributed by atoms with Crippen molar-refractivity contribution >= 4 is 35.0 Å². The lowest BCUT2D eigenvalue weighted by molar-refractivity contribution is -0.136. The molecule has 1 aliphatic heterocycles. The van der Waals surface area contributed by atoms with Gasteiger partial charge in [-0.15, -0.1) is 0 Å². The number of nitrogens with zero attached hydrogens (tertiary/aromatic N) is 4. The molecule has 4 unspecified atom stereocenters. The van der Waals surface area contributed by atoms with E-state index in [-0.39, 0.29) is 58.7 Å². The number of halogens is 2. The number of likely N-dealkylation sites (tertiary alicyclic amines) is 1. The molecule has 0 spiro atoms. The van der Waals surface area contributed by atoms with Crippen molar-refractivity contribution in [2.45, 2.75) is 97.8 Å². The molecule has 0 bridgehead atoms. The molecule has 3 heterocycles. The topological polar surface area (TPSA) is 175 Å². The van der Waals surface area contributed by atoms with E-state index in [1.807, 2.05) is 52.0 Å². The van der Waals surface area contributed by atoms with Crippen LogP contribution >= 0.6 is 0 Å². The van der Waals surface area contributed by atoms with Crippen LogP contribution in [0.5, 0.6) is 0 Å². The normalized spacial score (nSPS) is 18.9. The number of alkyl halides is 2. The summed E-state index contributed by atoms with van der Waals surface area (Å²) in [4.78, 5) is 71.8. The second kappa shape index (κ2) is 17.6. The lowest BCUT2D eigenvalue weighted by atomic mass is 9.96. The summed E-state index contributed by atoms with van der Waals surface area (Å²) in [7, 11) is 2.52. The van der Waals surface area contributed by atoms with E-state index in [1.54, 1.807) is 40.3 Å². The van der Waals surface area contributed by atoms with Crippen LogP contribution in [-0.4, -0.2) is 93.1 Å². The van der Waals surface area contributed by atoms with Gasteiger partial charge >= 0.3 is 12.2 Å². The number of methoxy groups -OCH3 is 2. The molecule has 5 aromatic rings. The van der Waals surface area contributed by atoms with Crippen LogP contribution in [0.4, 0.5) is 18.4 Å². The van der Waals surface area contributed by atoms with Gasteiger partial charge in [0.15, 0.2) is 0 Å². The molecule has 4 amide bonds. The Balaban J connectivity index is 1.02. The maximum absolute atomic E-state index is 16.6. The number of aromatic nitrogens is 4. The molecule has 4 N–H and O–H groups in total. The van der Waals surface area contributed by atoms with Crippen LogP contribution in [0, 0.1) is 23.2 Å². The van der Waals surface area contributed by atoms with Crippen LogP contribution in [0.3, 0.4) is 0 Å². The zero-order chi connectivity index (χ0) is 46.5. The number of carbonyl (C=O) groups is 4. The molecule has 16 heteroatoms. The summed E-state index contributed by atoms with van der Waals surface area (Å²) < 4.78 is 42.8. The first-order valence-corrected chi connectivity index (χ1v) is 22.4. The van der Waals surface area contributed by atoms with Gasteiger partial charge in [0.1, 0.15) is 23.7 Å². The van der Waals surface area contributed by atoms with Gasteiger partial charge in [-0.2, -0.15) is 8.78 Å². The van der Waals surface area contributed by atoms with Crippen LogP contribution in [0.2, 0.25) is 0 Å². The molecule has 3 aromatic carbocycles. The Morgan fingerprint density at radius 1 is 0.862 bits per heavy atom. The van der Waals surface area contributed by atoms with E-state index in [2.05, 4.69) is 39.4 Å². The van der Waals surface area contributed by atoms with E-state index in [0.717, 1.165) is 31.2 Å². The van der Waals surface area contributed by atoms with Gasteiger partial charge in [0, 0.05) is 29.8 Å². The number of alkyl carbamates (subject to hydrolysis) is 2. The fraction of sp³-hybridized carbons (Fsp3) is 0.469. The molecule has 2 aliphatic carbocycles. The maximum Gasteiger partial charge on any atom is 0.407 e. The summed E-state index contributed by atoms with van der Waals surface area (Å²) in [5, 5.41) is 5.38. The summed E-state index contributed by atoms with van der Waals surface area (Å²) in [6.07, 6.45) is 3.80. The van der Waals surface area contributed by atoms with Crippen LogP contribution in [0.15, 0.2) is 60.8 Å². The predicted octanol–water partition coefficient (Wildman–Crippen LogP) is 8.93. The lowest BCUT2D eigenvalue weighted by Gasteiger charge is -2.31. The SMILES string of the molecule is CCC1CCN(C(=O)C(NC(=O)OC)C(C)C)C1c1nc2ccc(-c3ccc4c(c3)C(F)(F)c3cc(-c5cnc(CN(CC6(C)CC6)C(=O)C(NC(=O)OC)C(C)C)[nH]5)ccc3-4)cc2[nH]1. The molecule has 65 heavy (non-hydrogen) atoms. The van der Waals surface area contributed by atoms with E-state index in [9.17, 15) is 19.2 Å². The van der Waals surface area contributed by atoms with Gasteiger partial charge in [-0.3, -0.25) is 9.59 Å². The fourth-order valence-corrected chi connectivity index (χ4v) is 9.41. The summed E-state index contributed by atoms with van der Waals surface area (Å²) >= 11 is 0. The van der Waals surface area contributed by atoms with Gasteiger partial charge in [-0.1, -0.05) is 78.3 Å². The highest BCUT2D eigenvalue weighted by Crippen LogP contribution is 2.53. The Bertz CT molecular complexity index is 2640. The minimum atomic E-state index is -3.30. The van der Waals surface area contributed by atoms with E-state index in [1.165, 1.54) is 20.3 Å². The van der Waals surface area contributed by atoms with Gasteiger partial charge in [-0.05, 0) is 89.0 Å². The average Bonchev–Trinajstić information content (AvgIpc) is 3.69. The van der Waals surface area contributed by atoms with Crippen molar-refractivity contribution in [3.05, 3.63) is 83.6 Å². The maximum atomic E-state index is 16.6. The van der Waals surface area contributed by atoms with Gasteiger partial charge in [0.05, 0.1) is 49.7 Å². The Hall–Kier alpha value is -6.32. The van der Waals surface area contributed by atoms with Crippen LogP contribution in [-0.2, 0) is 31.5 Å². The highest BCUT2D eigenvalue weighted by molar-refractivity contribution is 5.89. The van der Waals surface area contributed by atoms with Gasteiger partial charge < -0.3 is 39.9 Å². The third-order valence-electron chi connectivity index (χ3n) is 13.5. The minimum absolute atomic E-state index is 0.0302. The third kappa shape index (κ3) is 8.78. The number of benzene rings is 3. The number of rotatable bonds is 14. The summed E-state index contributed by atoms with van der Waals surface area (Å²) in [5.74, 6) is -2.85. The van der Waals surface area contributed by atoms with Crippen molar-refractivity contribution in [3.8, 4) is 33.5 Å². The fourth-order valence-electron chi connectivity index (χ4n) is 9.41. The number of hydrogen-bond acceptors (Lipinski definition) is 8. The number of ether oxygens (including phenoxy) is 2. The monoisotopic (exact) mass is 892 g/mol. The highest BCUT2D eigenvalue weighted by Gasteiger charge is 2.46. The highest BCUT2D eigenvalue weighted by atomic mass is 19.3. The molecule has 1 saturated carbocycles. The number of carbonyl (C=O) groups excluding carboxylic acids is 4. The largest absolute Gasteiger partial charge is 0.453 e.